The number of hydrogen-bond donors (Lipinski definition) is 2. The Labute approximate surface area is 137 Å². The number of nitrogens with zero attached hydrogens (tertiary/aromatic N) is 5. The van der Waals surface area contributed by atoms with Crippen molar-refractivity contribution in [3.8, 4) is 0 Å². The minimum absolute atomic E-state index is 0.0118. The van der Waals surface area contributed by atoms with Gasteiger partial charge in [0.15, 0.2) is 0 Å². The first-order valence-electron chi connectivity index (χ1n) is 7.69. The highest BCUT2D eigenvalue weighted by molar-refractivity contribution is 5.93. The number of amides is 1. The van der Waals surface area contributed by atoms with Gasteiger partial charge in [0.25, 0.3) is 17.2 Å². The second-order valence-corrected chi connectivity index (χ2v) is 5.68. The molecule has 0 radical (unpaired) electrons. The Morgan fingerprint density at radius 1 is 1.33 bits per heavy atom. The molecule has 0 spiro atoms. The molecule has 0 atom stereocenters. The summed E-state index contributed by atoms with van der Waals surface area (Å²) < 4.78 is 3.07. The van der Waals surface area contributed by atoms with Crippen LogP contribution in [0.1, 0.15) is 34.0 Å². The van der Waals surface area contributed by atoms with E-state index in [1.54, 1.807) is 6.92 Å². The zero-order valence-electron chi connectivity index (χ0n) is 13.8. The van der Waals surface area contributed by atoms with Crippen molar-refractivity contribution in [3.05, 3.63) is 45.4 Å². The maximum atomic E-state index is 12.3. The van der Waals surface area contributed by atoms with Gasteiger partial charge in [-0.25, -0.2) is 4.98 Å². The SMILES string of the molecule is Cc1cc(C)n(CCCNC(=O)c2cnc3nc(C)[nH]n3c2=O)n1. The standard InChI is InChI=1S/C15H19N7O2/c1-9-7-10(2)21(19-9)6-4-5-16-13(23)12-8-17-15-18-11(3)20-22(15)14(12)24/h7-8H,4-6H2,1-3H3,(H,16,23)(H,17,18,20). The second kappa shape index (κ2) is 6.26. The Hall–Kier alpha value is -2.97. The van der Waals surface area contributed by atoms with E-state index >= 15 is 0 Å². The topological polar surface area (TPSA) is 110 Å². The Bertz CT molecular complexity index is 951. The highest BCUT2D eigenvalue weighted by Gasteiger charge is 2.14. The molecule has 0 saturated carbocycles. The Balaban J connectivity index is 1.62. The number of carbonyl (C=O) groups is 1. The number of rotatable bonds is 5. The molecule has 0 unspecified atom stereocenters. The molecule has 2 N–H and O–H groups in total. The molecule has 3 heterocycles. The number of hydrogen-bond acceptors (Lipinski definition) is 5. The van der Waals surface area contributed by atoms with Crippen LogP contribution in [0.25, 0.3) is 5.78 Å². The summed E-state index contributed by atoms with van der Waals surface area (Å²) in [5.74, 6) is 0.364. The molecule has 3 aromatic heterocycles. The van der Waals surface area contributed by atoms with Gasteiger partial charge < -0.3 is 5.32 Å². The predicted octanol–water partition coefficient (Wildman–Crippen LogP) is 0.359. The first kappa shape index (κ1) is 15.9. The van der Waals surface area contributed by atoms with Crippen LogP contribution in [-0.2, 0) is 6.54 Å². The van der Waals surface area contributed by atoms with Crippen LogP contribution in [0.3, 0.4) is 0 Å². The van der Waals surface area contributed by atoms with E-state index in [1.807, 2.05) is 24.6 Å². The number of aromatic amines is 1. The van der Waals surface area contributed by atoms with Crippen molar-refractivity contribution in [2.75, 3.05) is 6.54 Å². The summed E-state index contributed by atoms with van der Waals surface area (Å²) in [6, 6.07) is 2.01. The molecule has 0 aliphatic carbocycles. The largest absolute Gasteiger partial charge is 0.352 e. The van der Waals surface area contributed by atoms with Gasteiger partial charge in [0.05, 0.1) is 5.69 Å². The molecular weight excluding hydrogens is 310 g/mol. The maximum absolute atomic E-state index is 12.3. The van der Waals surface area contributed by atoms with Gasteiger partial charge in [0, 0.05) is 25.0 Å². The highest BCUT2D eigenvalue weighted by Crippen LogP contribution is 2.02. The summed E-state index contributed by atoms with van der Waals surface area (Å²) >= 11 is 0. The molecule has 0 fully saturated rings. The average Bonchev–Trinajstić information content (AvgIpc) is 3.06. The van der Waals surface area contributed by atoms with Crippen LogP contribution in [0.15, 0.2) is 17.1 Å². The molecule has 0 aliphatic heterocycles. The molecule has 3 aromatic rings. The van der Waals surface area contributed by atoms with Crippen LogP contribution in [0.5, 0.6) is 0 Å². The fourth-order valence-electron chi connectivity index (χ4n) is 2.55. The molecule has 9 nitrogen and oxygen atoms in total. The molecule has 1 amide bonds. The summed E-state index contributed by atoms with van der Waals surface area (Å²) in [7, 11) is 0. The number of carbonyl (C=O) groups excluding carboxylic acids is 1. The average molecular weight is 329 g/mol. The van der Waals surface area contributed by atoms with Crippen molar-refractivity contribution >= 4 is 11.7 Å². The van der Waals surface area contributed by atoms with Gasteiger partial charge in [-0.2, -0.15) is 14.6 Å². The Morgan fingerprint density at radius 2 is 2.12 bits per heavy atom. The number of aryl methyl sites for hydroxylation is 4. The summed E-state index contributed by atoms with van der Waals surface area (Å²) in [6.45, 7) is 6.80. The number of H-pyrrole nitrogens is 1. The molecule has 126 valence electrons. The first-order valence-corrected chi connectivity index (χ1v) is 7.69. The van der Waals surface area contributed by atoms with E-state index in [4.69, 9.17) is 0 Å². The molecular formula is C15H19N7O2. The van der Waals surface area contributed by atoms with Gasteiger partial charge in [-0.15, -0.1) is 0 Å². The normalized spacial score (nSPS) is 11.1. The first-order chi connectivity index (χ1) is 11.5. The molecule has 0 bridgehead atoms. The molecule has 0 aliphatic rings. The third-order valence-corrected chi connectivity index (χ3v) is 3.66. The van der Waals surface area contributed by atoms with Crippen LogP contribution in [0.2, 0.25) is 0 Å². The minimum Gasteiger partial charge on any atom is -0.352 e. The molecule has 9 heteroatoms. The van der Waals surface area contributed by atoms with Gasteiger partial charge in [-0.1, -0.05) is 0 Å². The molecule has 24 heavy (non-hydrogen) atoms. The lowest BCUT2D eigenvalue weighted by atomic mass is 10.3. The molecule has 0 saturated heterocycles. The third kappa shape index (κ3) is 3.05. The summed E-state index contributed by atoms with van der Waals surface area (Å²) in [4.78, 5) is 32.5. The second-order valence-electron chi connectivity index (χ2n) is 5.68. The van der Waals surface area contributed by atoms with E-state index in [0.29, 0.717) is 25.3 Å². The smallest absolute Gasteiger partial charge is 0.286 e. The van der Waals surface area contributed by atoms with Crippen LogP contribution in [0.4, 0.5) is 0 Å². The number of aromatic nitrogens is 6. The number of fused-ring (bicyclic) bond motifs is 1. The predicted molar refractivity (Wildman–Crippen MR) is 87.0 cm³/mol. The molecule has 0 aromatic carbocycles. The fourth-order valence-corrected chi connectivity index (χ4v) is 2.55. The monoisotopic (exact) mass is 329 g/mol. The van der Waals surface area contributed by atoms with Gasteiger partial charge in [0.1, 0.15) is 11.4 Å². The zero-order chi connectivity index (χ0) is 17.3. The summed E-state index contributed by atoms with van der Waals surface area (Å²) in [5.41, 5.74) is 1.58. The van der Waals surface area contributed by atoms with Crippen molar-refractivity contribution in [2.45, 2.75) is 33.7 Å². The minimum atomic E-state index is -0.461. The van der Waals surface area contributed by atoms with Crippen LogP contribution in [-0.4, -0.2) is 41.8 Å². The van der Waals surface area contributed by atoms with Gasteiger partial charge in [-0.3, -0.25) is 19.4 Å². The van der Waals surface area contributed by atoms with Crippen LogP contribution in [0, 0.1) is 20.8 Å². The van der Waals surface area contributed by atoms with E-state index in [9.17, 15) is 9.59 Å². The van der Waals surface area contributed by atoms with Crippen molar-refractivity contribution in [3.63, 3.8) is 0 Å². The molecule has 3 rings (SSSR count). The van der Waals surface area contributed by atoms with Gasteiger partial charge in [-0.05, 0) is 33.3 Å². The van der Waals surface area contributed by atoms with Gasteiger partial charge >= 0.3 is 0 Å². The lowest BCUT2D eigenvalue weighted by Gasteiger charge is -2.06. The lowest BCUT2D eigenvalue weighted by Crippen LogP contribution is -2.32. The maximum Gasteiger partial charge on any atom is 0.286 e. The third-order valence-electron chi connectivity index (χ3n) is 3.66. The van der Waals surface area contributed by atoms with E-state index in [2.05, 4.69) is 25.5 Å². The van der Waals surface area contributed by atoms with Crippen molar-refractivity contribution in [1.29, 1.82) is 0 Å². The van der Waals surface area contributed by atoms with Gasteiger partial charge in [0.2, 0.25) is 0 Å². The quantitative estimate of drug-likeness (QED) is 0.657. The van der Waals surface area contributed by atoms with E-state index in [0.717, 1.165) is 11.4 Å². The summed E-state index contributed by atoms with van der Waals surface area (Å²) in [5, 5.41) is 9.86. The lowest BCUT2D eigenvalue weighted by molar-refractivity contribution is 0.0950. The zero-order valence-corrected chi connectivity index (χ0v) is 13.8. The van der Waals surface area contributed by atoms with E-state index in [-0.39, 0.29) is 11.3 Å². The van der Waals surface area contributed by atoms with E-state index < -0.39 is 11.5 Å². The van der Waals surface area contributed by atoms with Crippen LogP contribution < -0.4 is 10.9 Å². The van der Waals surface area contributed by atoms with Crippen molar-refractivity contribution < 1.29 is 4.79 Å². The Kier molecular flexibility index (Phi) is 4.15. The van der Waals surface area contributed by atoms with Crippen molar-refractivity contribution in [1.82, 2.24) is 34.7 Å². The van der Waals surface area contributed by atoms with E-state index in [1.165, 1.54) is 10.7 Å². The summed E-state index contributed by atoms with van der Waals surface area (Å²) in [6.07, 6.45) is 1.97. The van der Waals surface area contributed by atoms with Crippen LogP contribution >= 0.6 is 0 Å². The Morgan fingerprint density at radius 3 is 2.83 bits per heavy atom. The highest BCUT2D eigenvalue weighted by atomic mass is 16.2. The number of nitrogens with one attached hydrogen (secondary N) is 2. The fraction of sp³-hybridized carbons (Fsp3) is 0.400. The van der Waals surface area contributed by atoms with Crippen molar-refractivity contribution in [2.24, 2.45) is 0 Å².